The Morgan fingerprint density at radius 2 is 1.96 bits per heavy atom. The minimum Gasteiger partial charge on any atom is -0.383 e. The molecule has 128 valence electrons. The zero-order chi connectivity index (χ0) is 18.8. The average molecular weight is 413 g/mol. The van der Waals surface area contributed by atoms with E-state index in [9.17, 15) is 19.8 Å². The van der Waals surface area contributed by atoms with Gasteiger partial charge in [0.15, 0.2) is 0 Å². The van der Waals surface area contributed by atoms with Crippen LogP contribution in [0.15, 0.2) is 53.0 Å². The van der Waals surface area contributed by atoms with E-state index in [1.54, 1.807) is 6.07 Å². The van der Waals surface area contributed by atoms with Crippen LogP contribution in [0, 0.1) is 27.3 Å². The number of halogens is 2. The number of rotatable bonds is 3. The van der Waals surface area contributed by atoms with E-state index in [0.29, 0.717) is 15.7 Å². The Hall–Kier alpha value is -3.31. The Morgan fingerprint density at radius 1 is 1.19 bits per heavy atom. The number of nitro benzene ring substituents is 1. The summed E-state index contributed by atoms with van der Waals surface area (Å²) in [6, 6.07) is 13.6. The Labute approximate surface area is 156 Å². The van der Waals surface area contributed by atoms with E-state index in [4.69, 9.17) is 5.73 Å². The Bertz CT molecular complexity index is 1080. The summed E-state index contributed by atoms with van der Waals surface area (Å²) in [6.07, 6.45) is 0. The molecule has 3 aromatic rings. The normalized spacial score (nSPS) is 10.3. The standard InChI is InChI=1S/C18H10BrFN4O2/c19-11-4-5-16(20)14(7-11)13-8-17(23-18(22)15(13)9-21)10-2-1-3-12(6-10)24(25)26/h1-8H,(H2,22,23). The van der Waals surface area contributed by atoms with E-state index in [-0.39, 0.29) is 28.2 Å². The van der Waals surface area contributed by atoms with Crippen molar-refractivity contribution in [1.29, 1.82) is 5.26 Å². The average Bonchev–Trinajstić information content (AvgIpc) is 2.63. The number of hydrogen-bond donors (Lipinski definition) is 1. The molecular weight excluding hydrogens is 403 g/mol. The van der Waals surface area contributed by atoms with Gasteiger partial charge in [-0.25, -0.2) is 9.37 Å². The van der Waals surface area contributed by atoms with Gasteiger partial charge in [0.1, 0.15) is 23.3 Å². The second-order valence-corrected chi connectivity index (χ2v) is 6.27. The molecule has 26 heavy (non-hydrogen) atoms. The molecule has 0 aliphatic carbocycles. The van der Waals surface area contributed by atoms with E-state index in [0.717, 1.165) is 0 Å². The van der Waals surface area contributed by atoms with Gasteiger partial charge in [0.05, 0.1) is 10.6 Å². The number of anilines is 1. The SMILES string of the molecule is N#Cc1c(-c2cc(Br)ccc2F)cc(-c2cccc([N+](=O)[O-])c2)nc1N. The third kappa shape index (κ3) is 3.25. The van der Waals surface area contributed by atoms with E-state index in [1.165, 1.54) is 42.5 Å². The van der Waals surface area contributed by atoms with Crippen molar-refractivity contribution in [2.45, 2.75) is 0 Å². The van der Waals surface area contributed by atoms with Gasteiger partial charge < -0.3 is 5.73 Å². The molecule has 3 rings (SSSR count). The van der Waals surface area contributed by atoms with Crippen molar-refractivity contribution in [1.82, 2.24) is 4.98 Å². The molecule has 6 nitrogen and oxygen atoms in total. The predicted octanol–water partition coefficient (Wildman–Crippen LogP) is 4.68. The molecule has 0 bridgehead atoms. The summed E-state index contributed by atoms with van der Waals surface area (Å²) < 4.78 is 15.0. The lowest BCUT2D eigenvalue weighted by molar-refractivity contribution is -0.384. The smallest absolute Gasteiger partial charge is 0.270 e. The number of benzene rings is 2. The molecule has 2 aromatic carbocycles. The van der Waals surface area contributed by atoms with Gasteiger partial charge in [0, 0.05) is 33.3 Å². The van der Waals surface area contributed by atoms with Gasteiger partial charge in [-0.15, -0.1) is 0 Å². The molecular formula is C18H10BrFN4O2. The molecule has 0 unspecified atom stereocenters. The topological polar surface area (TPSA) is 106 Å². The largest absolute Gasteiger partial charge is 0.383 e. The highest BCUT2D eigenvalue weighted by molar-refractivity contribution is 9.10. The van der Waals surface area contributed by atoms with Gasteiger partial charge in [-0.3, -0.25) is 10.1 Å². The summed E-state index contributed by atoms with van der Waals surface area (Å²) in [7, 11) is 0. The number of nitriles is 1. The maximum absolute atomic E-state index is 14.3. The van der Waals surface area contributed by atoms with Crippen LogP contribution in [0.3, 0.4) is 0 Å². The number of nitrogen functional groups attached to an aromatic ring is 1. The minimum atomic E-state index is -0.528. The Kier molecular flexibility index (Phi) is 4.65. The fourth-order valence-corrected chi connectivity index (χ4v) is 2.89. The molecule has 2 N–H and O–H groups in total. The predicted molar refractivity (Wildman–Crippen MR) is 98.5 cm³/mol. The van der Waals surface area contributed by atoms with Crippen LogP contribution in [-0.4, -0.2) is 9.91 Å². The molecule has 0 amide bonds. The molecule has 0 saturated carbocycles. The number of nitrogens with zero attached hydrogens (tertiary/aromatic N) is 3. The van der Waals surface area contributed by atoms with Crippen molar-refractivity contribution < 1.29 is 9.31 Å². The summed E-state index contributed by atoms with van der Waals surface area (Å²) in [5.74, 6) is -0.605. The Balaban J connectivity index is 2.27. The van der Waals surface area contributed by atoms with Crippen molar-refractivity contribution in [3.8, 4) is 28.5 Å². The zero-order valence-electron chi connectivity index (χ0n) is 13.1. The van der Waals surface area contributed by atoms with Crippen molar-refractivity contribution in [3.63, 3.8) is 0 Å². The quantitative estimate of drug-likeness (QED) is 0.496. The number of nitrogens with two attached hydrogens (primary N) is 1. The molecule has 8 heteroatoms. The Morgan fingerprint density at radius 3 is 2.65 bits per heavy atom. The summed E-state index contributed by atoms with van der Waals surface area (Å²) in [4.78, 5) is 14.6. The summed E-state index contributed by atoms with van der Waals surface area (Å²) >= 11 is 3.28. The second kappa shape index (κ2) is 6.90. The van der Waals surface area contributed by atoms with Crippen LogP contribution in [0.2, 0.25) is 0 Å². The molecule has 0 saturated heterocycles. The highest BCUT2D eigenvalue weighted by Crippen LogP contribution is 2.34. The number of pyridine rings is 1. The first-order valence-corrected chi connectivity index (χ1v) is 8.11. The fraction of sp³-hybridized carbons (Fsp3) is 0. The van der Waals surface area contributed by atoms with Crippen LogP contribution < -0.4 is 5.73 Å². The third-order valence-electron chi connectivity index (χ3n) is 3.73. The first-order valence-electron chi connectivity index (χ1n) is 7.31. The number of non-ortho nitro benzene ring substituents is 1. The highest BCUT2D eigenvalue weighted by atomic mass is 79.9. The van der Waals surface area contributed by atoms with Crippen molar-refractivity contribution in [2.75, 3.05) is 5.73 Å². The molecule has 1 heterocycles. The van der Waals surface area contributed by atoms with Crippen LogP contribution in [0.1, 0.15) is 5.56 Å². The van der Waals surface area contributed by atoms with E-state index < -0.39 is 10.7 Å². The third-order valence-corrected chi connectivity index (χ3v) is 4.22. The highest BCUT2D eigenvalue weighted by Gasteiger charge is 2.17. The number of nitro groups is 1. The van der Waals surface area contributed by atoms with Gasteiger partial charge in [0.2, 0.25) is 0 Å². The minimum absolute atomic E-state index is 0.0381. The summed E-state index contributed by atoms with van der Waals surface area (Å²) in [5.41, 5.74) is 7.00. The summed E-state index contributed by atoms with van der Waals surface area (Å²) in [5, 5.41) is 20.4. The van der Waals surface area contributed by atoms with Gasteiger partial charge in [0.25, 0.3) is 5.69 Å². The first kappa shape index (κ1) is 17.5. The monoisotopic (exact) mass is 412 g/mol. The van der Waals surface area contributed by atoms with Crippen LogP contribution in [0.5, 0.6) is 0 Å². The van der Waals surface area contributed by atoms with E-state index in [2.05, 4.69) is 20.9 Å². The fourth-order valence-electron chi connectivity index (χ4n) is 2.53. The van der Waals surface area contributed by atoms with Crippen molar-refractivity contribution in [3.05, 3.63) is 74.5 Å². The maximum Gasteiger partial charge on any atom is 0.270 e. The van der Waals surface area contributed by atoms with Crippen molar-refractivity contribution in [2.24, 2.45) is 0 Å². The molecule has 0 radical (unpaired) electrons. The first-order chi connectivity index (χ1) is 12.4. The molecule has 1 aromatic heterocycles. The summed E-state index contributed by atoms with van der Waals surface area (Å²) in [6.45, 7) is 0. The maximum atomic E-state index is 14.3. The van der Waals surface area contributed by atoms with Crippen LogP contribution in [-0.2, 0) is 0 Å². The molecule has 0 atom stereocenters. The van der Waals surface area contributed by atoms with Gasteiger partial charge in [-0.05, 0) is 24.3 Å². The van der Waals surface area contributed by atoms with Gasteiger partial charge in [-0.1, -0.05) is 28.1 Å². The lowest BCUT2D eigenvalue weighted by Crippen LogP contribution is -2.01. The molecule has 0 aliphatic rings. The van der Waals surface area contributed by atoms with E-state index >= 15 is 0 Å². The molecule has 0 fully saturated rings. The molecule has 0 aliphatic heterocycles. The second-order valence-electron chi connectivity index (χ2n) is 5.36. The number of hydrogen-bond acceptors (Lipinski definition) is 5. The van der Waals surface area contributed by atoms with Crippen LogP contribution in [0.4, 0.5) is 15.9 Å². The lowest BCUT2D eigenvalue weighted by atomic mass is 9.98. The van der Waals surface area contributed by atoms with Gasteiger partial charge in [-0.2, -0.15) is 5.26 Å². The zero-order valence-corrected chi connectivity index (χ0v) is 14.7. The van der Waals surface area contributed by atoms with Crippen molar-refractivity contribution >= 4 is 27.4 Å². The van der Waals surface area contributed by atoms with Crippen LogP contribution >= 0.6 is 15.9 Å². The number of aromatic nitrogens is 1. The van der Waals surface area contributed by atoms with E-state index in [1.807, 2.05) is 6.07 Å². The van der Waals surface area contributed by atoms with Gasteiger partial charge >= 0.3 is 0 Å². The molecule has 0 spiro atoms. The lowest BCUT2D eigenvalue weighted by Gasteiger charge is -2.11. The van der Waals surface area contributed by atoms with Crippen LogP contribution in [0.25, 0.3) is 22.4 Å².